The van der Waals surface area contributed by atoms with Crippen LogP contribution < -0.4 is 0 Å². The molecule has 0 unspecified atom stereocenters. The number of aromatic nitrogens is 1. The van der Waals surface area contributed by atoms with Crippen LogP contribution in [0.15, 0.2) is 36.5 Å². The van der Waals surface area contributed by atoms with E-state index in [9.17, 15) is 0 Å². The zero-order chi connectivity index (χ0) is 10.5. The van der Waals surface area contributed by atoms with Gasteiger partial charge in [-0.1, -0.05) is 30.0 Å². The van der Waals surface area contributed by atoms with Crippen molar-refractivity contribution in [2.45, 2.75) is 6.42 Å². The Bertz CT molecular complexity index is 517. The minimum Gasteiger partial charge on any atom is -0.256 e. The van der Waals surface area contributed by atoms with E-state index in [0.717, 1.165) is 28.6 Å². The maximum atomic E-state index is 4.29. The van der Waals surface area contributed by atoms with Crippen LogP contribution in [0.3, 0.4) is 0 Å². The molecule has 2 rings (SSSR count). The summed E-state index contributed by atoms with van der Waals surface area (Å²) in [5.41, 5.74) is 2.04. The first-order valence-corrected chi connectivity index (χ1v) is 5.48. The highest BCUT2D eigenvalue weighted by atomic mass is 32.1. The van der Waals surface area contributed by atoms with Crippen molar-refractivity contribution in [2.24, 2.45) is 0 Å². The number of fused-ring (bicyclic) bond motifs is 1. The van der Waals surface area contributed by atoms with Crippen molar-refractivity contribution in [3.8, 4) is 11.8 Å². The number of nitrogens with zero attached hydrogens (tertiary/aromatic N) is 1. The molecule has 0 fully saturated rings. The fourth-order valence-electron chi connectivity index (χ4n) is 1.42. The molecular weight excluding hydrogens is 202 g/mol. The summed E-state index contributed by atoms with van der Waals surface area (Å²) >= 11 is 4.13. The normalized spacial score (nSPS) is 9.67. The molecule has 15 heavy (non-hydrogen) atoms. The molecular formula is C13H11NS. The molecule has 1 nitrogen and oxygen atoms in total. The van der Waals surface area contributed by atoms with E-state index in [1.165, 1.54) is 0 Å². The van der Waals surface area contributed by atoms with Gasteiger partial charge in [0.25, 0.3) is 0 Å². The van der Waals surface area contributed by atoms with Crippen molar-refractivity contribution in [3.05, 3.63) is 42.1 Å². The predicted molar refractivity (Wildman–Crippen MR) is 67.1 cm³/mol. The van der Waals surface area contributed by atoms with Crippen LogP contribution in [-0.4, -0.2) is 10.7 Å². The lowest BCUT2D eigenvalue weighted by Gasteiger charge is -1.98. The largest absolute Gasteiger partial charge is 0.256 e. The Morgan fingerprint density at radius 3 is 2.93 bits per heavy atom. The molecule has 0 aliphatic rings. The zero-order valence-corrected chi connectivity index (χ0v) is 9.17. The maximum Gasteiger partial charge on any atom is 0.0714 e. The minimum absolute atomic E-state index is 0.802. The second kappa shape index (κ2) is 4.86. The lowest BCUT2D eigenvalue weighted by atomic mass is 10.1. The lowest BCUT2D eigenvalue weighted by molar-refractivity contribution is 1.31. The third-order valence-corrected chi connectivity index (χ3v) is 2.33. The molecule has 0 bridgehead atoms. The van der Waals surface area contributed by atoms with Crippen molar-refractivity contribution in [2.75, 3.05) is 5.75 Å². The SMILES string of the molecule is SCCC#Cc1ccnc2ccccc12. The fraction of sp³-hybridized carbons (Fsp3) is 0.154. The molecule has 0 saturated carbocycles. The minimum atomic E-state index is 0.802. The first-order valence-electron chi connectivity index (χ1n) is 4.85. The Morgan fingerprint density at radius 1 is 1.20 bits per heavy atom. The molecule has 74 valence electrons. The molecule has 0 aliphatic carbocycles. The lowest BCUT2D eigenvalue weighted by Crippen LogP contribution is -1.82. The maximum absolute atomic E-state index is 4.29. The van der Waals surface area contributed by atoms with E-state index in [1.54, 1.807) is 6.20 Å². The van der Waals surface area contributed by atoms with Gasteiger partial charge in [0.1, 0.15) is 0 Å². The summed E-state index contributed by atoms with van der Waals surface area (Å²) in [6.45, 7) is 0. The van der Waals surface area contributed by atoms with Crippen molar-refractivity contribution in [1.29, 1.82) is 0 Å². The summed E-state index contributed by atoms with van der Waals surface area (Å²) in [5, 5.41) is 1.12. The third kappa shape index (κ3) is 2.31. The van der Waals surface area contributed by atoms with Crippen LogP contribution >= 0.6 is 12.6 Å². The van der Waals surface area contributed by atoms with E-state index in [2.05, 4.69) is 29.5 Å². The second-order valence-corrected chi connectivity index (χ2v) is 3.60. The summed E-state index contributed by atoms with van der Waals surface area (Å²) in [4.78, 5) is 4.29. The van der Waals surface area contributed by atoms with Crippen LogP contribution in [-0.2, 0) is 0 Å². The standard InChI is InChI=1S/C13H11NS/c15-10-4-3-5-11-8-9-14-13-7-2-1-6-12(11)13/h1-2,6-9,15H,4,10H2. The van der Waals surface area contributed by atoms with Gasteiger partial charge in [-0.2, -0.15) is 12.6 Å². The summed E-state index contributed by atoms with van der Waals surface area (Å²) < 4.78 is 0. The zero-order valence-electron chi connectivity index (χ0n) is 8.27. The van der Waals surface area contributed by atoms with E-state index >= 15 is 0 Å². The van der Waals surface area contributed by atoms with E-state index in [1.807, 2.05) is 30.3 Å². The van der Waals surface area contributed by atoms with Crippen LogP contribution in [0.25, 0.3) is 10.9 Å². The predicted octanol–water partition coefficient (Wildman–Crippen LogP) is 2.91. The Labute approximate surface area is 94.9 Å². The smallest absolute Gasteiger partial charge is 0.0714 e. The Balaban J connectivity index is 2.48. The Morgan fingerprint density at radius 2 is 2.07 bits per heavy atom. The van der Waals surface area contributed by atoms with Crippen molar-refractivity contribution in [1.82, 2.24) is 4.98 Å². The first-order chi connectivity index (χ1) is 7.42. The molecule has 1 aromatic carbocycles. The van der Waals surface area contributed by atoms with Crippen molar-refractivity contribution in [3.63, 3.8) is 0 Å². The summed E-state index contributed by atoms with van der Waals surface area (Å²) in [6, 6.07) is 9.99. The molecule has 0 radical (unpaired) electrons. The summed E-state index contributed by atoms with van der Waals surface area (Å²) in [5.74, 6) is 7.04. The van der Waals surface area contributed by atoms with Gasteiger partial charge in [-0.3, -0.25) is 4.98 Å². The average molecular weight is 213 g/mol. The summed E-state index contributed by atoms with van der Waals surface area (Å²) in [7, 11) is 0. The quantitative estimate of drug-likeness (QED) is 0.567. The highest BCUT2D eigenvalue weighted by Crippen LogP contribution is 2.14. The number of para-hydroxylation sites is 1. The van der Waals surface area contributed by atoms with Gasteiger partial charge in [0.05, 0.1) is 5.52 Å². The molecule has 0 aliphatic heterocycles. The third-order valence-electron chi connectivity index (χ3n) is 2.11. The Kier molecular flexibility index (Phi) is 3.26. The number of hydrogen-bond acceptors (Lipinski definition) is 2. The van der Waals surface area contributed by atoms with E-state index in [0.29, 0.717) is 0 Å². The Hall–Kier alpha value is -1.46. The van der Waals surface area contributed by atoms with Gasteiger partial charge in [-0.05, 0) is 12.1 Å². The number of pyridine rings is 1. The molecule has 0 saturated heterocycles. The van der Waals surface area contributed by atoms with Crippen LogP contribution in [0.2, 0.25) is 0 Å². The van der Waals surface area contributed by atoms with Gasteiger partial charge in [0, 0.05) is 29.3 Å². The van der Waals surface area contributed by atoms with Gasteiger partial charge < -0.3 is 0 Å². The number of benzene rings is 1. The average Bonchev–Trinajstić information content (AvgIpc) is 2.30. The fourth-order valence-corrected chi connectivity index (χ4v) is 1.53. The number of rotatable bonds is 1. The van der Waals surface area contributed by atoms with E-state index < -0.39 is 0 Å². The van der Waals surface area contributed by atoms with Gasteiger partial charge in [0.2, 0.25) is 0 Å². The number of thiol groups is 1. The molecule has 0 N–H and O–H groups in total. The van der Waals surface area contributed by atoms with Gasteiger partial charge in [-0.15, -0.1) is 0 Å². The highest BCUT2D eigenvalue weighted by Gasteiger charge is 1.96. The molecule has 2 heteroatoms. The van der Waals surface area contributed by atoms with Crippen molar-refractivity contribution < 1.29 is 0 Å². The van der Waals surface area contributed by atoms with Crippen LogP contribution in [0.4, 0.5) is 0 Å². The summed E-state index contributed by atoms with van der Waals surface area (Å²) in [6.07, 6.45) is 2.62. The monoisotopic (exact) mass is 213 g/mol. The van der Waals surface area contributed by atoms with Crippen LogP contribution in [0, 0.1) is 11.8 Å². The molecule has 0 amide bonds. The second-order valence-electron chi connectivity index (χ2n) is 3.15. The first kappa shape index (κ1) is 10.1. The number of hydrogen-bond donors (Lipinski definition) is 1. The van der Waals surface area contributed by atoms with Crippen LogP contribution in [0.5, 0.6) is 0 Å². The van der Waals surface area contributed by atoms with Gasteiger partial charge >= 0.3 is 0 Å². The van der Waals surface area contributed by atoms with E-state index in [-0.39, 0.29) is 0 Å². The van der Waals surface area contributed by atoms with E-state index in [4.69, 9.17) is 0 Å². The van der Waals surface area contributed by atoms with Crippen LogP contribution in [0.1, 0.15) is 12.0 Å². The highest BCUT2D eigenvalue weighted by molar-refractivity contribution is 7.80. The van der Waals surface area contributed by atoms with Gasteiger partial charge in [0.15, 0.2) is 0 Å². The molecule has 1 aromatic heterocycles. The molecule has 2 aromatic rings. The molecule has 0 atom stereocenters. The molecule has 0 spiro atoms. The topological polar surface area (TPSA) is 12.9 Å². The molecule has 1 heterocycles. The van der Waals surface area contributed by atoms with Crippen molar-refractivity contribution >= 4 is 23.5 Å². The van der Waals surface area contributed by atoms with Gasteiger partial charge in [-0.25, -0.2) is 0 Å².